The van der Waals surface area contributed by atoms with Crippen LogP contribution in [0.2, 0.25) is 18.1 Å². The van der Waals surface area contributed by atoms with E-state index in [9.17, 15) is 18.0 Å². The lowest BCUT2D eigenvalue weighted by atomic mass is 10.0. The first-order valence-electron chi connectivity index (χ1n) is 8.26. The fourth-order valence-electron chi connectivity index (χ4n) is 3.11. The average Bonchev–Trinajstić information content (AvgIpc) is 2.51. The lowest BCUT2D eigenvalue weighted by Gasteiger charge is -2.26. The highest BCUT2D eigenvalue weighted by atomic mass is 28.3. The maximum absolute atomic E-state index is 13.1. The average molecular weight is 344 g/mol. The first-order valence-corrected chi connectivity index (χ1v) is 10.7. The van der Waals surface area contributed by atoms with Gasteiger partial charge in [0.15, 0.2) is 11.6 Å². The molecule has 1 aromatic rings. The Hall–Kier alpha value is -1.30. The van der Waals surface area contributed by atoms with Gasteiger partial charge >= 0.3 is 5.97 Å². The van der Waals surface area contributed by atoms with Crippen molar-refractivity contribution in [3.8, 4) is 5.75 Å². The van der Waals surface area contributed by atoms with Crippen LogP contribution in [0.3, 0.4) is 0 Å². The van der Waals surface area contributed by atoms with Gasteiger partial charge in [0.2, 0.25) is 0 Å². The van der Waals surface area contributed by atoms with Crippen LogP contribution in [0.15, 0.2) is 18.2 Å². The van der Waals surface area contributed by atoms with Gasteiger partial charge in [-0.2, -0.15) is 0 Å². The lowest BCUT2D eigenvalue weighted by molar-refractivity contribution is -0.139. The van der Waals surface area contributed by atoms with E-state index in [0.29, 0.717) is 6.42 Å². The Bertz CT molecular complexity index is 529. The molecule has 1 saturated heterocycles. The summed E-state index contributed by atoms with van der Waals surface area (Å²) in [6.45, 7) is 1.59. The number of esters is 1. The fraction of sp³-hybridized carbons (Fsp3) is 0.588. The van der Waals surface area contributed by atoms with E-state index in [0.717, 1.165) is 49.5 Å². The van der Waals surface area contributed by atoms with Crippen LogP contribution in [-0.4, -0.2) is 20.9 Å². The molecule has 1 fully saturated rings. The molecular weight excluding hydrogens is 321 g/mol. The standard InChI is InChI=1S/C17H23F3O2Si/c1-12(18)3-2-8-23-9-6-13(7-10-23)17(21)22-14-4-5-15(19)16(20)11-14/h4-5,11-13,23H,2-3,6-10H2,1H3/t12?,13-,23-. The number of halogens is 3. The van der Waals surface area contributed by atoms with Crippen molar-refractivity contribution < 1.29 is 22.7 Å². The zero-order valence-electron chi connectivity index (χ0n) is 13.4. The van der Waals surface area contributed by atoms with Gasteiger partial charge < -0.3 is 4.74 Å². The normalized spacial score (nSPS) is 22.6. The second-order valence-corrected chi connectivity index (χ2v) is 9.89. The van der Waals surface area contributed by atoms with Crippen LogP contribution < -0.4 is 4.74 Å². The summed E-state index contributed by atoms with van der Waals surface area (Å²) in [5.74, 6) is -2.45. The minimum atomic E-state index is -1.02. The minimum Gasteiger partial charge on any atom is -0.426 e. The van der Waals surface area contributed by atoms with Crippen molar-refractivity contribution in [1.82, 2.24) is 0 Å². The molecule has 0 aromatic heterocycles. The Labute approximate surface area is 136 Å². The van der Waals surface area contributed by atoms with E-state index < -0.39 is 26.6 Å². The number of carbonyl (C=O) groups excluding carboxylic acids is 1. The van der Waals surface area contributed by atoms with Crippen molar-refractivity contribution in [2.75, 3.05) is 0 Å². The molecule has 2 nitrogen and oxygen atoms in total. The summed E-state index contributed by atoms with van der Waals surface area (Å²) in [7, 11) is -0.848. The summed E-state index contributed by atoms with van der Waals surface area (Å²) in [5, 5.41) is 0. The molecule has 0 saturated carbocycles. The summed E-state index contributed by atoms with van der Waals surface area (Å²) >= 11 is 0. The van der Waals surface area contributed by atoms with Crippen LogP contribution in [0.25, 0.3) is 0 Å². The molecule has 0 radical (unpaired) electrons. The van der Waals surface area contributed by atoms with Crippen molar-refractivity contribution >= 4 is 14.8 Å². The second kappa shape index (κ2) is 8.52. The van der Waals surface area contributed by atoms with Crippen molar-refractivity contribution in [3.63, 3.8) is 0 Å². The second-order valence-electron chi connectivity index (χ2n) is 6.43. The zero-order chi connectivity index (χ0) is 16.8. The quantitative estimate of drug-likeness (QED) is 0.427. The van der Waals surface area contributed by atoms with Gasteiger partial charge in [-0.1, -0.05) is 24.6 Å². The monoisotopic (exact) mass is 344 g/mol. The summed E-state index contributed by atoms with van der Waals surface area (Å²) in [5.41, 5.74) is 0. The van der Waals surface area contributed by atoms with Crippen LogP contribution in [-0.2, 0) is 4.79 Å². The van der Waals surface area contributed by atoms with Gasteiger partial charge in [-0.15, -0.1) is 0 Å². The zero-order valence-corrected chi connectivity index (χ0v) is 14.5. The molecule has 2 rings (SSSR count). The number of rotatable bonds is 6. The molecule has 1 aliphatic heterocycles. The number of carbonyl (C=O) groups is 1. The Morgan fingerprint density at radius 3 is 2.61 bits per heavy atom. The molecule has 1 aliphatic rings. The Kier molecular flexibility index (Phi) is 6.68. The molecule has 0 spiro atoms. The van der Waals surface area contributed by atoms with Gasteiger partial charge in [0.1, 0.15) is 5.75 Å². The third-order valence-electron chi connectivity index (χ3n) is 4.50. The van der Waals surface area contributed by atoms with Gasteiger partial charge in [-0.05, 0) is 38.3 Å². The fourth-order valence-corrected chi connectivity index (χ4v) is 6.54. The maximum Gasteiger partial charge on any atom is 0.314 e. The molecule has 0 N–H and O–H groups in total. The lowest BCUT2D eigenvalue weighted by Crippen LogP contribution is -2.28. The summed E-state index contributed by atoms with van der Waals surface area (Å²) < 4.78 is 43.9. The molecular formula is C17H23F3O2Si. The highest BCUT2D eigenvalue weighted by Crippen LogP contribution is 2.30. The molecule has 1 aromatic carbocycles. The smallest absolute Gasteiger partial charge is 0.314 e. The molecule has 1 unspecified atom stereocenters. The van der Waals surface area contributed by atoms with E-state index in [1.165, 1.54) is 6.07 Å². The van der Waals surface area contributed by atoms with Gasteiger partial charge in [-0.3, -0.25) is 4.79 Å². The Morgan fingerprint density at radius 1 is 1.30 bits per heavy atom. The molecule has 0 amide bonds. The summed E-state index contributed by atoms with van der Waals surface area (Å²) in [6.07, 6.45) is 2.44. The van der Waals surface area contributed by atoms with Crippen molar-refractivity contribution in [3.05, 3.63) is 29.8 Å². The SMILES string of the molecule is CC(F)CCC[Si@H]1CC[C@H](C(=O)Oc2ccc(F)c(F)c2)CC1. The molecule has 0 aliphatic carbocycles. The van der Waals surface area contributed by atoms with Gasteiger partial charge in [0.25, 0.3) is 0 Å². The molecule has 128 valence electrons. The number of benzene rings is 1. The number of hydrogen-bond donors (Lipinski definition) is 0. The van der Waals surface area contributed by atoms with E-state index in [1.807, 2.05) is 0 Å². The maximum atomic E-state index is 13.1. The third-order valence-corrected chi connectivity index (χ3v) is 8.03. The first kappa shape index (κ1) is 18.0. The molecule has 23 heavy (non-hydrogen) atoms. The van der Waals surface area contributed by atoms with E-state index in [1.54, 1.807) is 6.92 Å². The largest absolute Gasteiger partial charge is 0.426 e. The predicted molar refractivity (Wildman–Crippen MR) is 86.1 cm³/mol. The highest BCUT2D eigenvalue weighted by Gasteiger charge is 2.28. The first-order chi connectivity index (χ1) is 11.0. The van der Waals surface area contributed by atoms with Crippen LogP contribution in [0.4, 0.5) is 13.2 Å². The van der Waals surface area contributed by atoms with Gasteiger partial charge in [0, 0.05) is 14.9 Å². The molecule has 1 atom stereocenters. The third kappa shape index (κ3) is 5.68. The highest BCUT2D eigenvalue weighted by molar-refractivity contribution is 6.59. The number of alkyl halides is 1. The number of ether oxygens (including phenoxy) is 1. The summed E-state index contributed by atoms with van der Waals surface area (Å²) in [4.78, 5) is 12.1. The number of hydrogen-bond acceptors (Lipinski definition) is 2. The van der Waals surface area contributed by atoms with E-state index in [-0.39, 0.29) is 17.6 Å². The van der Waals surface area contributed by atoms with Crippen molar-refractivity contribution in [2.24, 2.45) is 5.92 Å². The Morgan fingerprint density at radius 2 is 2.00 bits per heavy atom. The van der Waals surface area contributed by atoms with E-state index >= 15 is 0 Å². The molecule has 0 bridgehead atoms. The van der Waals surface area contributed by atoms with Crippen molar-refractivity contribution in [1.29, 1.82) is 0 Å². The van der Waals surface area contributed by atoms with Crippen LogP contribution in [0.5, 0.6) is 5.75 Å². The van der Waals surface area contributed by atoms with Crippen LogP contribution >= 0.6 is 0 Å². The van der Waals surface area contributed by atoms with Crippen LogP contribution in [0, 0.1) is 17.6 Å². The van der Waals surface area contributed by atoms with E-state index in [2.05, 4.69) is 0 Å². The van der Waals surface area contributed by atoms with Gasteiger partial charge in [-0.25, -0.2) is 13.2 Å². The topological polar surface area (TPSA) is 26.3 Å². The predicted octanol–water partition coefficient (Wildman–Crippen LogP) is 4.65. The summed E-state index contributed by atoms with van der Waals surface area (Å²) in [6, 6.07) is 6.38. The molecule has 1 heterocycles. The minimum absolute atomic E-state index is 0.0465. The van der Waals surface area contributed by atoms with Crippen LogP contribution in [0.1, 0.15) is 32.6 Å². The Balaban J connectivity index is 1.76. The molecule has 6 heteroatoms. The van der Waals surface area contributed by atoms with E-state index in [4.69, 9.17) is 4.74 Å². The van der Waals surface area contributed by atoms with Crippen molar-refractivity contribution in [2.45, 2.75) is 56.9 Å². The van der Waals surface area contributed by atoms with Gasteiger partial charge in [0.05, 0.1) is 12.1 Å².